The van der Waals surface area contributed by atoms with Crippen LogP contribution in [-0.2, 0) is 4.79 Å². The van der Waals surface area contributed by atoms with Crippen molar-refractivity contribution in [2.45, 2.75) is 39.7 Å². The van der Waals surface area contributed by atoms with Crippen molar-refractivity contribution >= 4 is 23.1 Å². The maximum absolute atomic E-state index is 11.8. The molecule has 2 atom stereocenters. The summed E-state index contributed by atoms with van der Waals surface area (Å²) in [7, 11) is 1.80. The van der Waals surface area contributed by atoms with E-state index < -0.39 is 0 Å². The van der Waals surface area contributed by atoms with Crippen LogP contribution in [0.2, 0.25) is 0 Å². The molecule has 0 aromatic carbocycles. The van der Waals surface area contributed by atoms with E-state index in [0.29, 0.717) is 0 Å². The van der Waals surface area contributed by atoms with Crippen molar-refractivity contribution in [3.8, 4) is 0 Å². The van der Waals surface area contributed by atoms with Gasteiger partial charge in [0.2, 0.25) is 5.91 Å². The van der Waals surface area contributed by atoms with E-state index in [1.807, 2.05) is 6.92 Å². The van der Waals surface area contributed by atoms with Crippen LogP contribution in [0.15, 0.2) is 0 Å². The molecular formula is C10H20N2OS. The highest BCUT2D eigenvalue weighted by Gasteiger charge is 2.22. The molecule has 0 saturated carbocycles. The zero-order valence-corrected chi connectivity index (χ0v) is 10.2. The molecular weight excluding hydrogens is 196 g/mol. The maximum Gasteiger partial charge on any atom is 0.232 e. The van der Waals surface area contributed by atoms with Gasteiger partial charge in [-0.15, -0.1) is 0 Å². The first-order chi connectivity index (χ1) is 6.41. The lowest BCUT2D eigenvalue weighted by molar-refractivity contribution is -0.133. The van der Waals surface area contributed by atoms with Crippen molar-refractivity contribution < 1.29 is 4.79 Å². The second-order valence-electron chi connectivity index (χ2n) is 3.71. The number of hydrogen-bond donors (Lipinski definition) is 1. The Balaban J connectivity index is 4.30. The van der Waals surface area contributed by atoms with Gasteiger partial charge in [-0.3, -0.25) is 4.79 Å². The second kappa shape index (κ2) is 5.96. The van der Waals surface area contributed by atoms with Crippen LogP contribution < -0.4 is 5.73 Å². The van der Waals surface area contributed by atoms with Gasteiger partial charge < -0.3 is 10.6 Å². The number of nitrogens with zero attached hydrogens (tertiary/aromatic N) is 1. The molecule has 14 heavy (non-hydrogen) atoms. The number of hydrogen-bond acceptors (Lipinski definition) is 2. The molecule has 0 aromatic heterocycles. The lowest BCUT2D eigenvalue weighted by atomic mass is 10.1. The lowest BCUT2D eigenvalue weighted by Gasteiger charge is -2.27. The number of amides is 1. The first-order valence-electron chi connectivity index (χ1n) is 4.97. The fourth-order valence-electron chi connectivity index (χ4n) is 1.26. The van der Waals surface area contributed by atoms with Gasteiger partial charge in [0.25, 0.3) is 0 Å². The molecule has 82 valence electrons. The number of carbonyl (C=O) groups excluding carboxylic acids is 1. The van der Waals surface area contributed by atoms with Crippen LogP contribution in [0.5, 0.6) is 0 Å². The maximum atomic E-state index is 11.8. The van der Waals surface area contributed by atoms with Gasteiger partial charge in [-0.1, -0.05) is 25.6 Å². The second-order valence-corrected chi connectivity index (χ2v) is 4.18. The first kappa shape index (κ1) is 13.4. The number of thiocarbonyl (C=S) groups is 1. The third-order valence-electron chi connectivity index (χ3n) is 2.51. The SMILES string of the molecule is CCCC(C)N(C)C(=O)C(C)C(N)=S. The van der Waals surface area contributed by atoms with Gasteiger partial charge in [0, 0.05) is 13.1 Å². The Kier molecular flexibility index (Phi) is 5.69. The largest absolute Gasteiger partial charge is 0.393 e. The van der Waals surface area contributed by atoms with E-state index in [0.717, 1.165) is 12.8 Å². The third-order valence-corrected chi connectivity index (χ3v) is 2.87. The Morgan fingerprint density at radius 2 is 2.00 bits per heavy atom. The molecule has 0 fully saturated rings. The van der Waals surface area contributed by atoms with E-state index in [4.69, 9.17) is 18.0 Å². The van der Waals surface area contributed by atoms with Crippen LogP contribution in [0.25, 0.3) is 0 Å². The van der Waals surface area contributed by atoms with Crippen LogP contribution >= 0.6 is 12.2 Å². The fraction of sp³-hybridized carbons (Fsp3) is 0.800. The topological polar surface area (TPSA) is 46.3 Å². The summed E-state index contributed by atoms with van der Waals surface area (Å²) in [4.78, 5) is 13.8. The number of carbonyl (C=O) groups is 1. The molecule has 1 amide bonds. The Labute approximate surface area is 91.6 Å². The zero-order chi connectivity index (χ0) is 11.3. The van der Waals surface area contributed by atoms with Crippen molar-refractivity contribution in [1.82, 2.24) is 4.90 Å². The van der Waals surface area contributed by atoms with Gasteiger partial charge in [-0.25, -0.2) is 0 Å². The van der Waals surface area contributed by atoms with E-state index in [2.05, 4.69) is 6.92 Å². The van der Waals surface area contributed by atoms with Crippen LogP contribution in [0, 0.1) is 5.92 Å². The Morgan fingerprint density at radius 1 is 1.50 bits per heavy atom. The molecule has 4 heteroatoms. The lowest BCUT2D eigenvalue weighted by Crippen LogP contribution is -2.42. The minimum Gasteiger partial charge on any atom is -0.393 e. The molecule has 0 aliphatic heterocycles. The summed E-state index contributed by atoms with van der Waals surface area (Å²) >= 11 is 4.80. The normalized spacial score (nSPS) is 14.6. The minimum absolute atomic E-state index is 0.0125. The average molecular weight is 216 g/mol. The van der Waals surface area contributed by atoms with Crippen LogP contribution in [0.1, 0.15) is 33.6 Å². The molecule has 2 N–H and O–H groups in total. The number of nitrogens with two attached hydrogens (primary N) is 1. The number of rotatable bonds is 5. The fourth-order valence-corrected chi connectivity index (χ4v) is 1.36. The van der Waals surface area contributed by atoms with Crippen molar-refractivity contribution in [3.63, 3.8) is 0 Å². The highest BCUT2D eigenvalue weighted by atomic mass is 32.1. The van der Waals surface area contributed by atoms with E-state index in [1.54, 1.807) is 18.9 Å². The van der Waals surface area contributed by atoms with E-state index >= 15 is 0 Å². The van der Waals surface area contributed by atoms with Gasteiger partial charge in [-0.2, -0.15) is 0 Å². The molecule has 0 radical (unpaired) electrons. The summed E-state index contributed by atoms with van der Waals surface area (Å²) in [6, 6.07) is 0.254. The standard InChI is InChI=1S/C10H20N2OS/c1-5-6-7(2)12(4)10(13)8(3)9(11)14/h7-8H,5-6H2,1-4H3,(H2,11,14). The molecule has 2 unspecified atom stereocenters. The predicted molar refractivity (Wildman–Crippen MR) is 63.1 cm³/mol. The molecule has 0 aliphatic rings. The van der Waals surface area contributed by atoms with Gasteiger partial charge in [0.1, 0.15) is 0 Å². The molecule has 0 aromatic rings. The quantitative estimate of drug-likeness (QED) is 0.709. The van der Waals surface area contributed by atoms with E-state index in [1.165, 1.54) is 0 Å². The van der Waals surface area contributed by atoms with Crippen LogP contribution in [-0.4, -0.2) is 28.9 Å². The molecule has 3 nitrogen and oxygen atoms in total. The molecule has 0 saturated heterocycles. The summed E-state index contributed by atoms with van der Waals surface area (Å²) in [6.45, 7) is 5.89. The average Bonchev–Trinajstić information content (AvgIpc) is 2.14. The molecule has 0 rings (SSSR count). The van der Waals surface area contributed by atoms with Crippen molar-refractivity contribution in [2.24, 2.45) is 11.7 Å². The predicted octanol–water partition coefficient (Wildman–Crippen LogP) is 1.56. The van der Waals surface area contributed by atoms with Crippen molar-refractivity contribution in [2.75, 3.05) is 7.05 Å². The van der Waals surface area contributed by atoms with Crippen molar-refractivity contribution in [1.29, 1.82) is 0 Å². The zero-order valence-electron chi connectivity index (χ0n) is 9.41. The summed E-state index contributed by atoms with van der Waals surface area (Å²) in [6.07, 6.45) is 2.08. The molecule has 0 bridgehead atoms. The summed E-state index contributed by atoms with van der Waals surface area (Å²) < 4.78 is 0. The molecule has 0 heterocycles. The monoisotopic (exact) mass is 216 g/mol. The Morgan fingerprint density at radius 3 is 2.36 bits per heavy atom. The van der Waals surface area contributed by atoms with Gasteiger partial charge >= 0.3 is 0 Å². The summed E-state index contributed by atoms with van der Waals surface area (Å²) in [5, 5.41) is 0. The summed E-state index contributed by atoms with van der Waals surface area (Å²) in [5.41, 5.74) is 5.43. The molecule has 0 spiro atoms. The van der Waals surface area contributed by atoms with Gasteiger partial charge in [0.05, 0.1) is 10.9 Å². The van der Waals surface area contributed by atoms with Gasteiger partial charge in [0.15, 0.2) is 0 Å². The van der Waals surface area contributed by atoms with E-state index in [9.17, 15) is 4.79 Å². The van der Waals surface area contributed by atoms with Crippen LogP contribution in [0.4, 0.5) is 0 Å². The highest BCUT2D eigenvalue weighted by molar-refractivity contribution is 7.80. The Hall–Kier alpha value is -0.640. The van der Waals surface area contributed by atoms with Crippen molar-refractivity contribution in [3.05, 3.63) is 0 Å². The Bertz CT molecular complexity index is 218. The van der Waals surface area contributed by atoms with Gasteiger partial charge in [-0.05, 0) is 20.3 Å². The van der Waals surface area contributed by atoms with E-state index in [-0.39, 0.29) is 22.9 Å². The van der Waals surface area contributed by atoms with Crippen LogP contribution in [0.3, 0.4) is 0 Å². The highest BCUT2D eigenvalue weighted by Crippen LogP contribution is 2.09. The smallest absolute Gasteiger partial charge is 0.232 e. The third kappa shape index (κ3) is 3.62. The molecule has 0 aliphatic carbocycles. The minimum atomic E-state index is -0.352. The first-order valence-corrected chi connectivity index (χ1v) is 5.38. The summed E-state index contributed by atoms with van der Waals surface area (Å²) in [5.74, 6) is -0.340.